The van der Waals surface area contributed by atoms with Crippen LogP contribution in [0.25, 0.3) is 16.8 Å². The summed E-state index contributed by atoms with van der Waals surface area (Å²) in [5.74, 6) is -9.76. The Kier molecular flexibility index (Phi) is 3.44. The van der Waals surface area contributed by atoms with Gasteiger partial charge < -0.3 is 4.57 Å². The molecular weight excluding hydrogens is 301 g/mol. The fourth-order valence-electron chi connectivity index (χ4n) is 2.17. The number of halogens is 5. The highest BCUT2D eigenvalue weighted by Crippen LogP contribution is 2.31. The Morgan fingerprint density at radius 2 is 1.05 bits per heavy atom. The lowest BCUT2D eigenvalue weighted by atomic mass is 10.0. The van der Waals surface area contributed by atoms with Crippen LogP contribution >= 0.6 is 0 Å². The minimum atomic E-state index is -2.16. The van der Waals surface area contributed by atoms with Crippen LogP contribution < -0.4 is 0 Å². The highest BCUT2D eigenvalue weighted by atomic mass is 19.2. The Hall–Kier alpha value is -2.63. The highest BCUT2D eigenvalue weighted by molar-refractivity contribution is 5.66. The fraction of sp³-hybridized carbons (Fsp3) is 0. The maximum atomic E-state index is 13.7. The van der Waals surface area contributed by atoms with Gasteiger partial charge in [0.05, 0.1) is 5.56 Å². The van der Waals surface area contributed by atoms with Gasteiger partial charge in [-0.05, 0) is 29.8 Å². The molecule has 2 aromatic carbocycles. The van der Waals surface area contributed by atoms with E-state index < -0.39 is 34.6 Å². The zero-order valence-electron chi connectivity index (χ0n) is 11.0. The normalized spacial score (nSPS) is 11.0. The van der Waals surface area contributed by atoms with Crippen molar-refractivity contribution in [2.75, 3.05) is 0 Å². The first kappa shape index (κ1) is 14.3. The topological polar surface area (TPSA) is 4.93 Å². The molecule has 0 atom stereocenters. The van der Waals surface area contributed by atoms with Crippen LogP contribution in [0.5, 0.6) is 0 Å². The second kappa shape index (κ2) is 5.29. The van der Waals surface area contributed by atoms with Crippen LogP contribution in [-0.4, -0.2) is 4.57 Å². The second-order valence-electron chi connectivity index (χ2n) is 4.58. The fourth-order valence-corrected chi connectivity index (χ4v) is 2.17. The number of benzene rings is 2. The van der Waals surface area contributed by atoms with E-state index in [9.17, 15) is 22.0 Å². The molecule has 112 valence electrons. The van der Waals surface area contributed by atoms with Gasteiger partial charge >= 0.3 is 0 Å². The largest absolute Gasteiger partial charge is 0.324 e. The molecule has 0 spiro atoms. The Morgan fingerprint density at radius 3 is 1.55 bits per heavy atom. The maximum absolute atomic E-state index is 13.7. The van der Waals surface area contributed by atoms with Gasteiger partial charge in [-0.3, -0.25) is 0 Å². The smallest absolute Gasteiger partial charge is 0.200 e. The summed E-state index contributed by atoms with van der Waals surface area (Å²) in [7, 11) is 0. The molecule has 0 aliphatic carbocycles. The van der Waals surface area contributed by atoms with Crippen LogP contribution in [0.1, 0.15) is 0 Å². The molecule has 0 aliphatic rings. The first-order valence-corrected chi connectivity index (χ1v) is 6.26. The van der Waals surface area contributed by atoms with E-state index in [4.69, 9.17) is 0 Å². The van der Waals surface area contributed by atoms with E-state index in [-0.39, 0.29) is 5.56 Å². The van der Waals surface area contributed by atoms with Gasteiger partial charge in [0, 0.05) is 18.1 Å². The molecule has 0 amide bonds. The van der Waals surface area contributed by atoms with Gasteiger partial charge in [0.15, 0.2) is 23.3 Å². The van der Waals surface area contributed by atoms with E-state index in [1.165, 1.54) is 24.3 Å². The summed E-state index contributed by atoms with van der Waals surface area (Å²) in [6, 6.07) is 9.22. The average molecular weight is 309 g/mol. The number of aromatic nitrogens is 1. The molecule has 0 radical (unpaired) electrons. The van der Waals surface area contributed by atoms with E-state index in [2.05, 4.69) is 0 Å². The Balaban J connectivity index is 2.13. The van der Waals surface area contributed by atoms with Gasteiger partial charge in [0.25, 0.3) is 0 Å². The molecule has 0 N–H and O–H groups in total. The van der Waals surface area contributed by atoms with Crippen molar-refractivity contribution < 1.29 is 22.0 Å². The number of hydrogen-bond acceptors (Lipinski definition) is 0. The second-order valence-corrected chi connectivity index (χ2v) is 4.58. The lowest BCUT2D eigenvalue weighted by molar-refractivity contribution is 0.381. The molecule has 0 fully saturated rings. The lowest BCUT2D eigenvalue weighted by Gasteiger charge is -2.09. The summed E-state index contributed by atoms with van der Waals surface area (Å²) < 4.78 is 68.7. The van der Waals surface area contributed by atoms with Gasteiger partial charge in [0.2, 0.25) is 5.82 Å². The predicted octanol–water partition coefficient (Wildman–Crippen LogP) is 4.84. The first-order valence-electron chi connectivity index (χ1n) is 6.26. The summed E-state index contributed by atoms with van der Waals surface area (Å²) in [5.41, 5.74) is -0.336. The number of rotatable bonds is 2. The summed E-state index contributed by atoms with van der Waals surface area (Å²) in [4.78, 5) is 0. The zero-order chi connectivity index (χ0) is 15.9. The van der Waals surface area contributed by atoms with Crippen LogP contribution in [0.4, 0.5) is 22.0 Å². The minimum absolute atomic E-state index is 0.0938. The SMILES string of the molecule is Fc1c(F)c(F)c(-c2ccc(-n3cccc3)cc2)c(F)c1F. The van der Waals surface area contributed by atoms with Crippen LogP contribution in [-0.2, 0) is 0 Å². The van der Waals surface area contributed by atoms with Crippen molar-refractivity contribution in [2.24, 2.45) is 0 Å². The summed E-state index contributed by atoms with van der Waals surface area (Å²) >= 11 is 0. The molecule has 22 heavy (non-hydrogen) atoms. The van der Waals surface area contributed by atoms with E-state index in [1.54, 1.807) is 29.1 Å². The molecule has 3 aromatic rings. The van der Waals surface area contributed by atoms with Gasteiger partial charge in [0.1, 0.15) is 0 Å². The predicted molar refractivity (Wildman–Crippen MR) is 71.0 cm³/mol. The van der Waals surface area contributed by atoms with Crippen molar-refractivity contribution in [3.8, 4) is 16.8 Å². The van der Waals surface area contributed by atoms with Crippen molar-refractivity contribution in [3.63, 3.8) is 0 Å². The molecule has 0 saturated carbocycles. The lowest BCUT2D eigenvalue weighted by Crippen LogP contribution is -2.04. The van der Waals surface area contributed by atoms with Crippen molar-refractivity contribution in [1.29, 1.82) is 0 Å². The minimum Gasteiger partial charge on any atom is -0.324 e. The van der Waals surface area contributed by atoms with Crippen LogP contribution in [0.2, 0.25) is 0 Å². The van der Waals surface area contributed by atoms with Crippen molar-refractivity contribution in [1.82, 2.24) is 4.57 Å². The molecule has 0 unspecified atom stereocenters. The standard InChI is InChI=1S/C16H8F5N/c17-12-11(13(18)15(20)16(21)14(12)19)9-3-5-10(6-4-9)22-7-1-2-8-22/h1-8H. The molecular formula is C16H8F5N. The molecule has 0 aliphatic heterocycles. The van der Waals surface area contributed by atoms with Crippen LogP contribution in [0.3, 0.4) is 0 Å². The molecule has 0 saturated heterocycles. The molecule has 1 nitrogen and oxygen atoms in total. The number of hydrogen-bond donors (Lipinski definition) is 0. The molecule has 6 heteroatoms. The third-order valence-corrected chi connectivity index (χ3v) is 3.27. The van der Waals surface area contributed by atoms with Crippen molar-refractivity contribution in [2.45, 2.75) is 0 Å². The number of nitrogens with zero attached hydrogens (tertiary/aromatic N) is 1. The third-order valence-electron chi connectivity index (χ3n) is 3.27. The summed E-state index contributed by atoms with van der Waals surface area (Å²) in [6.45, 7) is 0. The average Bonchev–Trinajstić information content (AvgIpc) is 3.06. The van der Waals surface area contributed by atoms with Gasteiger partial charge in [-0.25, -0.2) is 22.0 Å². The van der Waals surface area contributed by atoms with Gasteiger partial charge in [-0.2, -0.15) is 0 Å². The highest BCUT2D eigenvalue weighted by Gasteiger charge is 2.26. The van der Waals surface area contributed by atoms with Gasteiger partial charge in [-0.15, -0.1) is 0 Å². The van der Waals surface area contributed by atoms with E-state index in [0.717, 1.165) is 0 Å². The first-order chi connectivity index (χ1) is 10.5. The quantitative estimate of drug-likeness (QED) is 0.363. The van der Waals surface area contributed by atoms with E-state index in [0.29, 0.717) is 5.69 Å². The van der Waals surface area contributed by atoms with Crippen LogP contribution in [0, 0.1) is 29.1 Å². The molecule has 1 aromatic heterocycles. The van der Waals surface area contributed by atoms with E-state index in [1.807, 2.05) is 0 Å². The zero-order valence-corrected chi connectivity index (χ0v) is 11.0. The van der Waals surface area contributed by atoms with Gasteiger partial charge in [-0.1, -0.05) is 12.1 Å². The molecule has 0 bridgehead atoms. The summed E-state index contributed by atoms with van der Waals surface area (Å²) in [6.07, 6.45) is 3.51. The van der Waals surface area contributed by atoms with E-state index >= 15 is 0 Å². The Bertz CT molecular complexity index is 794. The maximum Gasteiger partial charge on any atom is 0.200 e. The van der Waals surface area contributed by atoms with Crippen LogP contribution in [0.15, 0.2) is 48.8 Å². The Labute approximate surface area is 122 Å². The summed E-state index contributed by atoms with van der Waals surface area (Å²) in [5, 5.41) is 0. The monoisotopic (exact) mass is 309 g/mol. The van der Waals surface area contributed by atoms with Crippen molar-refractivity contribution >= 4 is 0 Å². The van der Waals surface area contributed by atoms with Crippen molar-refractivity contribution in [3.05, 3.63) is 77.9 Å². The molecule has 1 heterocycles. The Morgan fingerprint density at radius 1 is 0.591 bits per heavy atom. The molecule has 3 rings (SSSR count). The third kappa shape index (κ3) is 2.16.